The first-order valence-electron chi connectivity index (χ1n) is 6.60. The van der Waals surface area contributed by atoms with Crippen molar-refractivity contribution in [3.8, 4) is 6.07 Å². The smallest absolute Gasteiger partial charge is 0.157 e. The Bertz CT molecular complexity index is 485. The SMILES string of the molecule is CC(C)CC1CSC(=NCc2ccc(C#N)cc2)N1. The molecule has 1 aliphatic rings. The van der Waals surface area contributed by atoms with Crippen molar-refractivity contribution in [1.82, 2.24) is 5.32 Å². The maximum absolute atomic E-state index is 8.74. The van der Waals surface area contributed by atoms with Crippen molar-refractivity contribution >= 4 is 16.9 Å². The molecule has 1 fully saturated rings. The highest BCUT2D eigenvalue weighted by molar-refractivity contribution is 8.14. The predicted octanol–water partition coefficient (Wildman–Crippen LogP) is 3.17. The topological polar surface area (TPSA) is 48.2 Å². The second-order valence-electron chi connectivity index (χ2n) is 5.21. The lowest BCUT2D eigenvalue weighted by atomic mass is 10.1. The Morgan fingerprint density at radius 2 is 2.16 bits per heavy atom. The summed E-state index contributed by atoms with van der Waals surface area (Å²) in [6.45, 7) is 5.17. The fourth-order valence-electron chi connectivity index (χ4n) is 2.07. The quantitative estimate of drug-likeness (QED) is 0.916. The fourth-order valence-corrected chi connectivity index (χ4v) is 3.06. The van der Waals surface area contributed by atoms with E-state index in [0.29, 0.717) is 18.2 Å². The molecule has 1 N–H and O–H groups in total. The summed E-state index contributed by atoms with van der Waals surface area (Å²) in [7, 11) is 0. The van der Waals surface area contributed by atoms with Gasteiger partial charge in [-0.3, -0.25) is 4.99 Å². The summed E-state index contributed by atoms with van der Waals surface area (Å²) in [4.78, 5) is 4.59. The Morgan fingerprint density at radius 1 is 1.42 bits per heavy atom. The van der Waals surface area contributed by atoms with Gasteiger partial charge in [0.1, 0.15) is 0 Å². The number of amidine groups is 1. The van der Waals surface area contributed by atoms with Crippen LogP contribution in [0, 0.1) is 17.2 Å². The Hall–Kier alpha value is -1.47. The van der Waals surface area contributed by atoms with Crippen molar-refractivity contribution < 1.29 is 0 Å². The number of nitrogens with zero attached hydrogens (tertiary/aromatic N) is 2. The minimum absolute atomic E-state index is 0.560. The van der Waals surface area contributed by atoms with Crippen LogP contribution in [0.2, 0.25) is 0 Å². The fraction of sp³-hybridized carbons (Fsp3) is 0.467. The van der Waals surface area contributed by atoms with E-state index < -0.39 is 0 Å². The van der Waals surface area contributed by atoms with Crippen LogP contribution < -0.4 is 5.32 Å². The first kappa shape index (κ1) is 14.0. The van der Waals surface area contributed by atoms with Crippen molar-refractivity contribution in [3.05, 3.63) is 35.4 Å². The summed E-state index contributed by atoms with van der Waals surface area (Å²) in [5.74, 6) is 1.83. The van der Waals surface area contributed by atoms with Crippen LogP contribution in [-0.4, -0.2) is 17.0 Å². The lowest BCUT2D eigenvalue weighted by Crippen LogP contribution is -2.28. The van der Waals surface area contributed by atoms with Crippen LogP contribution in [0.25, 0.3) is 0 Å². The molecular formula is C15H19N3S. The Kier molecular flexibility index (Phi) is 4.86. The van der Waals surface area contributed by atoms with Crippen molar-refractivity contribution in [3.63, 3.8) is 0 Å². The molecule has 1 heterocycles. The van der Waals surface area contributed by atoms with Gasteiger partial charge in [0, 0.05) is 11.8 Å². The highest BCUT2D eigenvalue weighted by Crippen LogP contribution is 2.19. The molecule has 100 valence electrons. The summed E-state index contributed by atoms with van der Waals surface area (Å²) in [6, 6.07) is 10.3. The lowest BCUT2D eigenvalue weighted by Gasteiger charge is -2.11. The number of nitriles is 1. The van der Waals surface area contributed by atoms with E-state index in [0.717, 1.165) is 22.4 Å². The van der Waals surface area contributed by atoms with Gasteiger partial charge < -0.3 is 5.32 Å². The second kappa shape index (κ2) is 6.63. The molecule has 0 radical (unpaired) electrons. The van der Waals surface area contributed by atoms with Crippen molar-refractivity contribution in [1.29, 1.82) is 5.26 Å². The third-order valence-electron chi connectivity index (χ3n) is 2.99. The maximum Gasteiger partial charge on any atom is 0.157 e. The van der Waals surface area contributed by atoms with E-state index in [4.69, 9.17) is 5.26 Å². The number of aliphatic imine (C=N–C) groups is 1. The highest BCUT2D eigenvalue weighted by Gasteiger charge is 2.20. The molecule has 0 aromatic heterocycles. The van der Waals surface area contributed by atoms with Crippen molar-refractivity contribution in [2.24, 2.45) is 10.9 Å². The van der Waals surface area contributed by atoms with Crippen LogP contribution in [0.15, 0.2) is 29.3 Å². The largest absolute Gasteiger partial charge is 0.361 e. The van der Waals surface area contributed by atoms with E-state index in [2.05, 4.69) is 30.2 Å². The zero-order chi connectivity index (χ0) is 13.7. The summed E-state index contributed by atoms with van der Waals surface area (Å²) < 4.78 is 0. The van der Waals surface area contributed by atoms with Gasteiger partial charge in [-0.15, -0.1) is 0 Å². The van der Waals surface area contributed by atoms with Gasteiger partial charge in [-0.1, -0.05) is 37.7 Å². The van der Waals surface area contributed by atoms with Crippen LogP contribution in [0.5, 0.6) is 0 Å². The average molecular weight is 273 g/mol. The molecule has 0 aliphatic carbocycles. The molecule has 1 aromatic carbocycles. The van der Waals surface area contributed by atoms with Crippen LogP contribution in [0.4, 0.5) is 0 Å². The maximum atomic E-state index is 8.74. The molecular weight excluding hydrogens is 254 g/mol. The first-order chi connectivity index (χ1) is 9.17. The number of hydrogen-bond acceptors (Lipinski definition) is 3. The van der Waals surface area contributed by atoms with E-state index >= 15 is 0 Å². The van der Waals surface area contributed by atoms with Gasteiger partial charge >= 0.3 is 0 Å². The normalized spacial score (nSPS) is 20.5. The number of hydrogen-bond donors (Lipinski definition) is 1. The minimum Gasteiger partial charge on any atom is -0.361 e. The molecule has 1 unspecified atom stereocenters. The molecule has 1 saturated heterocycles. The number of rotatable bonds is 4. The summed E-state index contributed by atoms with van der Waals surface area (Å²) in [6.07, 6.45) is 1.20. The van der Waals surface area contributed by atoms with Crippen LogP contribution in [-0.2, 0) is 6.54 Å². The number of thioether (sulfide) groups is 1. The summed E-state index contributed by atoms with van der Waals surface area (Å²) in [5, 5.41) is 13.3. The minimum atomic E-state index is 0.560. The molecule has 19 heavy (non-hydrogen) atoms. The van der Waals surface area contributed by atoms with Gasteiger partial charge in [0.05, 0.1) is 18.2 Å². The third-order valence-corrected chi connectivity index (χ3v) is 4.08. The van der Waals surface area contributed by atoms with E-state index in [9.17, 15) is 0 Å². The summed E-state index contributed by atoms with van der Waals surface area (Å²) >= 11 is 1.81. The third kappa shape index (κ3) is 4.29. The molecule has 0 amide bonds. The second-order valence-corrected chi connectivity index (χ2v) is 6.22. The Morgan fingerprint density at radius 3 is 2.79 bits per heavy atom. The molecule has 2 rings (SSSR count). The molecule has 1 atom stereocenters. The predicted molar refractivity (Wildman–Crippen MR) is 81.1 cm³/mol. The molecule has 0 saturated carbocycles. The Balaban J connectivity index is 1.87. The highest BCUT2D eigenvalue weighted by atomic mass is 32.2. The van der Waals surface area contributed by atoms with Gasteiger partial charge in [-0.05, 0) is 30.0 Å². The van der Waals surface area contributed by atoms with Crippen LogP contribution in [0.1, 0.15) is 31.4 Å². The zero-order valence-corrected chi connectivity index (χ0v) is 12.2. The Labute approximate surface area is 119 Å². The lowest BCUT2D eigenvalue weighted by molar-refractivity contribution is 0.502. The van der Waals surface area contributed by atoms with Crippen molar-refractivity contribution in [2.45, 2.75) is 32.9 Å². The van der Waals surface area contributed by atoms with Gasteiger partial charge in [0.25, 0.3) is 0 Å². The monoisotopic (exact) mass is 273 g/mol. The number of nitrogens with one attached hydrogen (secondary N) is 1. The average Bonchev–Trinajstić information content (AvgIpc) is 2.84. The molecule has 3 nitrogen and oxygen atoms in total. The number of benzene rings is 1. The zero-order valence-electron chi connectivity index (χ0n) is 11.4. The van der Waals surface area contributed by atoms with E-state index in [1.54, 1.807) is 11.8 Å². The molecule has 0 bridgehead atoms. The molecule has 1 aromatic rings. The standard InChI is InChI=1S/C15H19N3S/c1-11(2)7-14-10-19-15(18-14)17-9-13-5-3-12(8-16)4-6-13/h3-6,11,14H,7,9-10H2,1-2H3,(H,17,18). The van der Waals surface area contributed by atoms with Gasteiger partial charge in [-0.2, -0.15) is 5.26 Å². The first-order valence-corrected chi connectivity index (χ1v) is 7.58. The van der Waals surface area contributed by atoms with Crippen molar-refractivity contribution in [2.75, 3.05) is 5.75 Å². The van der Waals surface area contributed by atoms with Gasteiger partial charge in [0.15, 0.2) is 5.17 Å². The molecule has 1 aliphatic heterocycles. The van der Waals surface area contributed by atoms with Crippen LogP contribution in [0.3, 0.4) is 0 Å². The summed E-state index contributed by atoms with van der Waals surface area (Å²) in [5.41, 5.74) is 1.84. The van der Waals surface area contributed by atoms with Gasteiger partial charge in [0.2, 0.25) is 0 Å². The van der Waals surface area contributed by atoms with E-state index in [1.165, 1.54) is 6.42 Å². The van der Waals surface area contributed by atoms with E-state index in [1.807, 2.05) is 24.3 Å². The van der Waals surface area contributed by atoms with Crippen LogP contribution >= 0.6 is 11.8 Å². The molecule has 4 heteroatoms. The molecule has 0 spiro atoms. The van der Waals surface area contributed by atoms with Gasteiger partial charge in [-0.25, -0.2) is 0 Å². The van der Waals surface area contributed by atoms with E-state index in [-0.39, 0.29) is 0 Å².